The highest BCUT2D eigenvalue weighted by atomic mass is 19.1. The fourth-order valence-corrected chi connectivity index (χ4v) is 3.35. The molecule has 0 atom stereocenters. The number of fused-ring (bicyclic) bond motifs is 1. The topological polar surface area (TPSA) is 15.8 Å². The van der Waals surface area contributed by atoms with E-state index in [-0.39, 0.29) is 11.7 Å². The Bertz CT molecular complexity index is 914. The lowest BCUT2D eigenvalue weighted by Crippen LogP contribution is -2.12. The maximum Gasteiger partial charge on any atom is 0.150 e. The second kappa shape index (κ2) is 5.01. The maximum atomic E-state index is 14.1. The predicted octanol–water partition coefficient (Wildman–Crippen LogP) is 5.69. The van der Waals surface area contributed by atoms with Gasteiger partial charge in [-0.3, -0.25) is 0 Å². The number of aromatic nitrogens is 1. The lowest BCUT2D eigenvalue weighted by Gasteiger charge is -2.29. The van der Waals surface area contributed by atoms with Crippen molar-refractivity contribution < 1.29 is 13.2 Å². The summed E-state index contributed by atoms with van der Waals surface area (Å²) in [5.74, 6) is -1.37. The first-order chi connectivity index (χ1) is 11.0. The van der Waals surface area contributed by atoms with Crippen LogP contribution >= 0.6 is 0 Å². The molecular formula is C19H14F3N. The van der Waals surface area contributed by atoms with E-state index in [9.17, 15) is 13.2 Å². The Morgan fingerprint density at radius 2 is 1.65 bits per heavy atom. The van der Waals surface area contributed by atoms with Gasteiger partial charge in [-0.2, -0.15) is 0 Å². The number of aromatic amines is 1. The molecule has 1 N–H and O–H groups in total. The Morgan fingerprint density at radius 1 is 0.957 bits per heavy atom. The van der Waals surface area contributed by atoms with Gasteiger partial charge in [0.15, 0.2) is 0 Å². The summed E-state index contributed by atoms with van der Waals surface area (Å²) in [4.78, 5) is 3.07. The van der Waals surface area contributed by atoms with Gasteiger partial charge in [0.2, 0.25) is 0 Å². The molecule has 2 aromatic carbocycles. The number of nitrogens with one attached hydrogen (secondary N) is 1. The Labute approximate surface area is 131 Å². The summed E-state index contributed by atoms with van der Waals surface area (Å²) in [7, 11) is 0. The van der Waals surface area contributed by atoms with E-state index in [2.05, 4.69) is 11.6 Å². The van der Waals surface area contributed by atoms with Gasteiger partial charge in [0.05, 0.1) is 11.2 Å². The van der Waals surface area contributed by atoms with Gasteiger partial charge in [0.25, 0.3) is 0 Å². The summed E-state index contributed by atoms with van der Waals surface area (Å²) in [6, 6.07) is 8.24. The molecule has 1 aliphatic carbocycles. The summed E-state index contributed by atoms with van der Waals surface area (Å²) in [6.45, 7) is 3.94. The van der Waals surface area contributed by atoms with Crippen LogP contribution in [0.1, 0.15) is 24.3 Å². The summed E-state index contributed by atoms with van der Waals surface area (Å²) in [6.07, 6.45) is 1.61. The molecule has 116 valence electrons. The van der Waals surface area contributed by atoms with Crippen molar-refractivity contribution in [1.29, 1.82) is 0 Å². The zero-order chi connectivity index (χ0) is 16.1. The largest absolute Gasteiger partial charge is 0.352 e. The molecule has 0 amide bonds. The van der Waals surface area contributed by atoms with Crippen molar-refractivity contribution in [2.45, 2.75) is 18.8 Å². The number of hydrogen-bond donors (Lipinski definition) is 1. The van der Waals surface area contributed by atoms with Crippen LogP contribution in [0.4, 0.5) is 13.2 Å². The number of hydrogen-bond acceptors (Lipinski definition) is 0. The monoisotopic (exact) mass is 313 g/mol. The molecule has 1 fully saturated rings. The van der Waals surface area contributed by atoms with Gasteiger partial charge in [-0.25, -0.2) is 13.2 Å². The molecule has 1 nitrogen and oxygen atoms in total. The van der Waals surface area contributed by atoms with Crippen LogP contribution in [-0.2, 0) is 0 Å². The first kappa shape index (κ1) is 14.1. The quantitative estimate of drug-likeness (QED) is 0.585. The van der Waals surface area contributed by atoms with Gasteiger partial charge < -0.3 is 4.98 Å². The minimum absolute atomic E-state index is 0.178. The molecule has 23 heavy (non-hydrogen) atoms. The normalized spacial score (nSPS) is 15.2. The summed E-state index contributed by atoms with van der Waals surface area (Å²) >= 11 is 0. The minimum atomic E-state index is -0.618. The molecule has 1 saturated carbocycles. The van der Waals surface area contributed by atoms with Crippen LogP contribution in [0.3, 0.4) is 0 Å². The molecule has 4 rings (SSSR count). The molecule has 1 aliphatic rings. The first-order valence-electron chi connectivity index (χ1n) is 7.46. The van der Waals surface area contributed by atoms with Gasteiger partial charge in [0, 0.05) is 11.5 Å². The average molecular weight is 313 g/mol. The second-order valence-electron chi connectivity index (χ2n) is 6.09. The van der Waals surface area contributed by atoms with Gasteiger partial charge in [0.1, 0.15) is 17.5 Å². The van der Waals surface area contributed by atoms with Crippen molar-refractivity contribution >= 4 is 10.9 Å². The molecule has 0 aliphatic heterocycles. The van der Waals surface area contributed by atoms with Gasteiger partial charge in [-0.1, -0.05) is 12.2 Å². The number of rotatable bonds is 2. The van der Waals surface area contributed by atoms with Crippen molar-refractivity contribution in [3.63, 3.8) is 0 Å². The molecule has 1 aromatic heterocycles. The van der Waals surface area contributed by atoms with Crippen LogP contribution in [-0.4, -0.2) is 4.98 Å². The van der Waals surface area contributed by atoms with Crippen molar-refractivity contribution in [2.24, 2.45) is 0 Å². The van der Waals surface area contributed by atoms with Crippen molar-refractivity contribution in [2.75, 3.05) is 0 Å². The molecule has 0 spiro atoms. The lowest BCUT2D eigenvalue weighted by molar-refractivity contribution is 0.557. The highest BCUT2D eigenvalue weighted by molar-refractivity contribution is 5.92. The highest BCUT2D eigenvalue weighted by Crippen LogP contribution is 2.47. The standard InChI is InChI=1S/C19H14F3N/c1-10-6-12(7-10)17-15-8-14(21)9-16(22)19(15)23-18(17)11-2-4-13(20)5-3-11/h2-5,8-9,12,23H,1,6-7H2. The van der Waals surface area contributed by atoms with Crippen LogP contribution in [0.15, 0.2) is 48.6 Å². The second-order valence-corrected chi connectivity index (χ2v) is 6.09. The predicted molar refractivity (Wildman–Crippen MR) is 84.7 cm³/mol. The average Bonchev–Trinajstić information content (AvgIpc) is 2.84. The molecule has 3 aromatic rings. The Hall–Kier alpha value is -2.49. The molecule has 0 bridgehead atoms. The lowest BCUT2D eigenvalue weighted by atomic mass is 9.75. The van der Waals surface area contributed by atoms with Crippen molar-refractivity contribution in [1.82, 2.24) is 4.98 Å². The fourth-order valence-electron chi connectivity index (χ4n) is 3.35. The molecule has 0 saturated heterocycles. The number of benzene rings is 2. The van der Waals surface area contributed by atoms with Crippen LogP contribution in [0, 0.1) is 17.5 Å². The third kappa shape index (κ3) is 2.25. The van der Waals surface area contributed by atoms with Crippen LogP contribution in [0.25, 0.3) is 22.2 Å². The third-order valence-electron chi connectivity index (χ3n) is 4.48. The first-order valence-corrected chi connectivity index (χ1v) is 7.46. The van der Waals surface area contributed by atoms with E-state index < -0.39 is 11.6 Å². The summed E-state index contributed by atoms with van der Waals surface area (Å²) < 4.78 is 41.0. The molecule has 0 unspecified atom stereocenters. The Morgan fingerprint density at radius 3 is 2.30 bits per heavy atom. The van der Waals surface area contributed by atoms with Gasteiger partial charge >= 0.3 is 0 Å². The number of halogens is 3. The Balaban J connectivity index is 1.98. The van der Waals surface area contributed by atoms with E-state index in [4.69, 9.17) is 0 Å². The van der Waals surface area contributed by atoms with Crippen LogP contribution in [0.2, 0.25) is 0 Å². The fraction of sp³-hybridized carbons (Fsp3) is 0.158. The molecular weight excluding hydrogens is 299 g/mol. The van der Waals surface area contributed by atoms with Crippen molar-refractivity contribution in [3.05, 3.63) is 71.6 Å². The molecule has 4 heteroatoms. The molecule has 1 heterocycles. The smallest absolute Gasteiger partial charge is 0.150 e. The van der Waals surface area contributed by atoms with Crippen LogP contribution in [0.5, 0.6) is 0 Å². The van der Waals surface area contributed by atoms with Gasteiger partial charge in [-0.05, 0) is 60.2 Å². The van der Waals surface area contributed by atoms with Crippen LogP contribution < -0.4 is 0 Å². The number of H-pyrrole nitrogens is 1. The van der Waals surface area contributed by atoms with E-state index in [0.29, 0.717) is 10.9 Å². The van der Waals surface area contributed by atoms with E-state index in [0.717, 1.165) is 41.3 Å². The zero-order valence-corrected chi connectivity index (χ0v) is 12.3. The SMILES string of the molecule is C=C1CC(c2c(-c3ccc(F)cc3)[nH]c3c(F)cc(F)cc23)C1. The Kier molecular flexibility index (Phi) is 3.08. The van der Waals surface area contributed by atoms with E-state index in [1.807, 2.05) is 0 Å². The third-order valence-corrected chi connectivity index (χ3v) is 4.48. The minimum Gasteiger partial charge on any atom is -0.352 e. The maximum absolute atomic E-state index is 14.1. The van der Waals surface area contributed by atoms with E-state index in [1.54, 1.807) is 12.1 Å². The number of allylic oxidation sites excluding steroid dienone is 1. The summed E-state index contributed by atoms with van der Waals surface area (Å²) in [5.41, 5.74) is 3.79. The summed E-state index contributed by atoms with van der Waals surface area (Å²) in [5, 5.41) is 0.555. The zero-order valence-electron chi connectivity index (χ0n) is 12.3. The highest BCUT2D eigenvalue weighted by Gasteiger charge is 2.30. The van der Waals surface area contributed by atoms with E-state index >= 15 is 0 Å². The van der Waals surface area contributed by atoms with E-state index in [1.165, 1.54) is 18.2 Å². The van der Waals surface area contributed by atoms with Crippen molar-refractivity contribution in [3.8, 4) is 11.3 Å². The van der Waals surface area contributed by atoms with Gasteiger partial charge in [-0.15, -0.1) is 0 Å². The molecule has 0 radical (unpaired) electrons.